The fourth-order valence-corrected chi connectivity index (χ4v) is 1.50. The van der Waals surface area contributed by atoms with Crippen molar-refractivity contribution in [2.75, 3.05) is 0 Å². The van der Waals surface area contributed by atoms with E-state index < -0.39 is 0 Å². The molecular formula is C11H11N3S. The summed E-state index contributed by atoms with van der Waals surface area (Å²) in [4.78, 5) is 0. The summed E-state index contributed by atoms with van der Waals surface area (Å²) in [5, 5.41) is 16.6. The normalized spacial score (nSPS) is 19.0. The van der Waals surface area contributed by atoms with Gasteiger partial charge >= 0.3 is 0 Å². The maximum absolute atomic E-state index is 8.98. The fourth-order valence-electron chi connectivity index (χ4n) is 1.29. The minimum Gasteiger partial charge on any atom is -0.299 e. The molecule has 0 spiro atoms. The van der Waals surface area contributed by atoms with Crippen molar-refractivity contribution in [3.8, 4) is 6.07 Å². The molecule has 0 aliphatic heterocycles. The zero-order valence-electron chi connectivity index (χ0n) is 8.36. The van der Waals surface area contributed by atoms with Gasteiger partial charge in [-0.2, -0.15) is 5.26 Å². The van der Waals surface area contributed by atoms with E-state index in [1.807, 2.05) is 13.0 Å². The fraction of sp³-hybridized carbons (Fsp3) is 0.182. The molecular weight excluding hydrogens is 206 g/mol. The molecule has 1 rings (SSSR count). The van der Waals surface area contributed by atoms with Crippen LogP contribution in [0, 0.1) is 16.7 Å². The highest BCUT2D eigenvalue weighted by molar-refractivity contribution is 7.79. The summed E-state index contributed by atoms with van der Waals surface area (Å²) >= 11 is 3.82. The zero-order valence-corrected chi connectivity index (χ0v) is 9.25. The number of hydrogen-bond donors (Lipinski definition) is 2. The lowest BCUT2D eigenvalue weighted by molar-refractivity contribution is 1.21. The van der Waals surface area contributed by atoms with E-state index in [1.54, 1.807) is 18.2 Å². The lowest BCUT2D eigenvalue weighted by atomic mass is 9.94. The van der Waals surface area contributed by atoms with Crippen molar-refractivity contribution < 1.29 is 0 Å². The summed E-state index contributed by atoms with van der Waals surface area (Å²) < 4.78 is 3.74. The van der Waals surface area contributed by atoms with Crippen LogP contribution >= 0.6 is 12.8 Å². The van der Waals surface area contributed by atoms with E-state index in [0.29, 0.717) is 16.9 Å². The molecule has 0 radical (unpaired) electrons. The van der Waals surface area contributed by atoms with Gasteiger partial charge in [-0.25, -0.2) is 4.40 Å². The van der Waals surface area contributed by atoms with E-state index in [9.17, 15) is 0 Å². The summed E-state index contributed by atoms with van der Waals surface area (Å²) in [5.41, 5.74) is 1.93. The van der Waals surface area contributed by atoms with Gasteiger partial charge in [0.1, 0.15) is 5.71 Å². The molecule has 0 aromatic heterocycles. The predicted molar refractivity (Wildman–Crippen MR) is 65.4 cm³/mol. The molecule has 0 unspecified atom stereocenters. The molecule has 0 atom stereocenters. The van der Waals surface area contributed by atoms with Gasteiger partial charge in [-0.1, -0.05) is 25.2 Å². The zero-order chi connectivity index (χ0) is 11.3. The Morgan fingerprint density at radius 3 is 3.00 bits per heavy atom. The number of rotatable bonds is 2. The van der Waals surface area contributed by atoms with Crippen LogP contribution in [-0.2, 0) is 0 Å². The van der Waals surface area contributed by atoms with Gasteiger partial charge in [-0.15, -0.1) is 0 Å². The minimum absolute atomic E-state index is 0.278. The van der Waals surface area contributed by atoms with Gasteiger partial charge in [0.2, 0.25) is 0 Å². The number of nitriles is 1. The molecule has 0 saturated carbocycles. The highest BCUT2D eigenvalue weighted by atomic mass is 32.1. The van der Waals surface area contributed by atoms with Crippen LogP contribution < -0.4 is 0 Å². The van der Waals surface area contributed by atoms with E-state index in [-0.39, 0.29) is 5.71 Å². The summed E-state index contributed by atoms with van der Waals surface area (Å²) in [6, 6.07) is 2.11. The summed E-state index contributed by atoms with van der Waals surface area (Å²) in [7, 11) is 0. The summed E-state index contributed by atoms with van der Waals surface area (Å²) in [6.07, 6.45) is 7.73. The molecule has 76 valence electrons. The SMILES string of the molecule is CC/C=C(\C#N)C1=CC=CC(=N)/C1=N\S. The lowest BCUT2D eigenvalue weighted by Crippen LogP contribution is -2.16. The van der Waals surface area contributed by atoms with E-state index in [1.165, 1.54) is 0 Å². The number of nitrogens with zero attached hydrogens (tertiary/aromatic N) is 2. The van der Waals surface area contributed by atoms with E-state index in [0.717, 1.165) is 6.42 Å². The number of hydrogen-bond acceptors (Lipinski definition) is 4. The van der Waals surface area contributed by atoms with Crippen molar-refractivity contribution in [2.24, 2.45) is 4.40 Å². The molecule has 0 saturated heterocycles. The van der Waals surface area contributed by atoms with Crippen LogP contribution in [0.15, 0.2) is 39.8 Å². The first-order valence-electron chi connectivity index (χ1n) is 4.55. The van der Waals surface area contributed by atoms with Crippen LogP contribution in [0.3, 0.4) is 0 Å². The van der Waals surface area contributed by atoms with Crippen LogP contribution in [0.4, 0.5) is 0 Å². The van der Waals surface area contributed by atoms with Crippen molar-refractivity contribution in [1.29, 1.82) is 10.7 Å². The topological polar surface area (TPSA) is 60.0 Å². The summed E-state index contributed by atoms with van der Waals surface area (Å²) in [5.74, 6) is 0. The third-order valence-corrected chi connectivity index (χ3v) is 2.15. The third kappa shape index (κ3) is 2.45. The van der Waals surface area contributed by atoms with Crippen LogP contribution in [-0.4, -0.2) is 11.4 Å². The van der Waals surface area contributed by atoms with Gasteiger partial charge in [0.05, 0.1) is 17.4 Å². The Labute approximate surface area is 94.6 Å². The van der Waals surface area contributed by atoms with E-state index in [2.05, 4.69) is 23.3 Å². The van der Waals surface area contributed by atoms with Gasteiger partial charge in [0, 0.05) is 5.57 Å². The summed E-state index contributed by atoms with van der Waals surface area (Å²) in [6.45, 7) is 1.96. The standard InChI is InChI=1S/C11H11N3S/c1-2-4-8(7-12)9-5-3-6-10(13)11(9)14-15/h3-6,13,15H,2H2,1H3/b8-4+,13-10?,14-11-. The average Bonchev–Trinajstić information content (AvgIpc) is 2.25. The second kappa shape index (κ2) is 5.32. The third-order valence-electron chi connectivity index (χ3n) is 1.95. The molecule has 0 aromatic rings. The van der Waals surface area contributed by atoms with Crippen LogP contribution in [0.2, 0.25) is 0 Å². The quantitative estimate of drug-likeness (QED) is 0.417. The average molecular weight is 217 g/mol. The Hall–Kier alpha value is -1.60. The largest absolute Gasteiger partial charge is 0.299 e. The van der Waals surface area contributed by atoms with Crippen molar-refractivity contribution in [2.45, 2.75) is 13.3 Å². The molecule has 0 fully saturated rings. The Morgan fingerprint density at radius 1 is 1.73 bits per heavy atom. The van der Waals surface area contributed by atoms with Crippen LogP contribution in [0.1, 0.15) is 13.3 Å². The number of allylic oxidation sites excluding steroid dienone is 6. The van der Waals surface area contributed by atoms with Crippen molar-refractivity contribution >= 4 is 24.2 Å². The predicted octanol–water partition coefficient (Wildman–Crippen LogP) is 2.65. The molecule has 0 bridgehead atoms. The van der Waals surface area contributed by atoms with Crippen molar-refractivity contribution in [1.82, 2.24) is 0 Å². The van der Waals surface area contributed by atoms with Gasteiger partial charge in [-0.05, 0) is 25.3 Å². The number of nitrogens with one attached hydrogen (secondary N) is 1. The first-order valence-corrected chi connectivity index (χ1v) is 4.95. The van der Waals surface area contributed by atoms with Crippen molar-refractivity contribution in [3.05, 3.63) is 35.5 Å². The molecule has 1 aliphatic carbocycles. The smallest absolute Gasteiger partial charge is 0.104 e. The van der Waals surface area contributed by atoms with Gasteiger partial charge < -0.3 is 0 Å². The molecule has 4 heteroatoms. The Kier molecular flexibility index (Phi) is 4.07. The Balaban J connectivity index is 3.20. The molecule has 1 N–H and O–H groups in total. The molecule has 15 heavy (non-hydrogen) atoms. The van der Waals surface area contributed by atoms with Gasteiger partial charge in [-0.3, -0.25) is 5.41 Å². The maximum Gasteiger partial charge on any atom is 0.104 e. The molecule has 0 aromatic carbocycles. The highest BCUT2D eigenvalue weighted by Gasteiger charge is 2.16. The van der Waals surface area contributed by atoms with E-state index in [4.69, 9.17) is 10.7 Å². The monoisotopic (exact) mass is 217 g/mol. The second-order valence-electron chi connectivity index (χ2n) is 2.94. The number of thiol groups is 1. The lowest BCUT2D eigenvalue weighted by Gasteiger charge is -2.10. The minimum atomic E-state index is 0.278. The first-order chi connectivity index (χ1) is 7.24. The van der Waals surface area contributed by atoms with Crippen LogP contribution in [0.5, 0.6) is 0 Å². The van der Waals surface area contributed by atoms with E-state index >= 15 is 0 Å². The molecule has 0 amide bonds. The maximum atomic E-state index is 8.98. The van der Waals surface area contributed by atoms with Crippen LogP contribution in [0.25, 0.3) is 0 Å². The van der Waals surface area contributed by atoms with Gasteiger partial charge in [0.25, 0.3) is 0 Å². The second-order valence-corrected chi connectivity index (χ2v) is 3.14. The van der Waals surface area contributed by atoms with Crippen molar-refractivity contribution in [3.63, 3.8) is 0 Å². The highest BCUT2D eigenvalue weighted by Crippen LogP contribution is 2.17. The Bertz CT molecular complexity index is 433. The molecule has 3 nitrogen and oxygen atoms in total. The first kappa shape index (κ1) is 11.5. The van der Waals surface area contributed by atoms with Gasteiger partial charge in [0.15, 0.2) is 0 Å². The molecule has 0 heterocycles. The molecule has 1 aliphatic rings. The Morgan fingerprint density at radius 2 is 2.47 bits per heavy atom.